The number of hydrogen-bond acceptors (Lipinski definition) is 6. The molecule has 1 saturated heterocycles. The Morgan fingerprint density at radius 2 is 1.94 bits per heavy atom. The van der Waals surface area contributed by atoms with Crippen LogP contribution >= 0.6 is 0 Å². The smallest absolute Gasteiger partial charge is 0.330 e. The van der Waals surface area contributed by atoms with Crippen LogP contribution in [0, 0.1) is 11.8 Å². The van der Waals surface area contributed by atoms with Crippen molar-refractivity contribution in [1.29, 1.82) is 0 Å². The maximum Gasteiger partial charge on any atom is 0.330 e. The lowest BCUT2D eigenvalue weighted by molar-refractivity contribution is -0.130. The molecular formula is C21H33N5O5. The summed E-state index contributed by atoms with van der Waals surface area (Å²) in [6.07, 6.45) is 4.23. The lowest BCUT2D eigenvalue weighted by Gasteiger charge is -2.28. The van der Waals surface area contributed by atoms with E-state index in [0.29, 0.717) is 13.1 Å². The SMILES string of the molecule is COCCN(C(=O)C1CC(=O)N(C2CCCC2)C1)c1c(N)n(CC(C)C)c(=O)[nH]c1=O. The third kappa shape index (κ3) is 4.84. The Morgan fingerprint density at radius 3 is 2.55 bits per heavy atom. The van der Waals surface area contributed by atoms with Gasteiger partial charge < -0.3 is 20.3 Å². The van der Waals surface area contributed by atoms with Crippen LogP contribution < -0.4 is 21.9 Å². The molecule has 1 aliphatic carbocycles. The highest BCUT2D eigenvalue weighted by atomic mass is 16.5. The summed E-state index contributed by atoms with van der Waals surface area (Å²) in [5.74, 6) is -0.881. The molecule has 2 amide bonds. The Labute approximate surface area is 181 Å². The summed E-state index contributed by atoms with van der Waals surface area (Å²) in [4.78, 5) is 56.4. The van der Waals surface area contributed by atoms with Gasteiger partial charge in [0.25, 0.3) is 5.56 Å². The monoisotopic (exact) mass is 435 g/mol. The van der Waals surface area contributed by atoms with E-state index in [2.05, 4.69) is 4.98 Å². The topological polar surface area (TPSA) is 131 Å². The molecule has 3 rings (SSSR count). The first kappa shape index (κ1) is 23.1. The number of amides is 2. The van der Waals surface area contributed by atoms with Crippen LogP contribution in [0.2, 0.25) is 0 Å². The largest absolute Gasteiger partial charge is 0.383 e. The average molecular weight is 436 g/mol. The predicted octanol–water partition coefficient (Wildman–Crippen LogP) is 0.545. The molecule has 172 valence electrons. The average Bonchev–Trinajstić information content (AvgIpc) is 3.36. The number of nitrogen functional groups attached to an aromatic ring is 1. The zero-order chi connectivity index (χ0) is 22.7. The molecule has 31 heavy (non-hydrogen) atoms. The summed E-state index contributed by atoms with van der Waals surface area (Å²) < 4.78 is 6.41. The van der Waals surface area contributed by atoms with Crippen molar-refractivity contribution >= 4 is 23.3 Å². The number of nitrogens with zero attached hydrogens (tertiary/aromatic N) is 3. The molecule has 2 heterocycles. The Balaban J connectivity index is 1.93. The van der Waals surface area contributed by atoms with Gasteiger partial charge in [-0.1, -0.05) is 26.7 Å². The summed E-state index contributed by atoms with van der Waals surface area (Å²) in [6.45, 7) is 4.77. The summed E-state index contributed by atoms with van der Waals surface area (Å²) >= 11 is 0. The number of rotatable bonds is 8. The van der Waals surface area contributed by atoms with E-state index < -0.39 is 17.2 Å². The summed E-state index contributed by atoms with van der Waals surface area (Å²) in [5, 5.41) is 0. The molecule has 1 aromatic heterocycles. The van der Waals surface area contributed by atoms with E-state index >= 15 is 0 Å². The number of methoxy groups -OCH3 is 1. The Bertz CT molecular complexity index is 931. The molecule has 1 atom stereocenters. The van der Waals surface area contributed by atoms with Gasteiger partial charge in [-0.05, 0) is 18.8 Å². The standard InChI is InChI=1S/C21H33N5O5/c1-13(2)11-26-18(22)17(19(28)23-21(26)30)24(8-9-31-3)20(29)14-10-16(27)25(12-14)15-6-4-5-7-15/h13-15H,4-12,22H2,1-3H3,(H,23,28,30). The van der Waals surface area contributed by atoms with E-state index in [1.165, 1.54) is 16.6 Å². The molecule has 0 aromatic carbocycles. The van der Waals surface area contributed by atoms with Crippen molar-refractivity contribution in [2.45, 2.75) is 58.5 Å². The molecule has 3 N–H and O–H groups in total. The summed E-state index contributed by atoms with van der Waals surface area (Å²) in [7, 11) is 1.50. The molecule has 1 saturated carbocycles. The van der Waals surface area contributed by atoms with Gasteiger partial charge in [0, 0.05) is 39.2 Å². The molecule has 0 bridgehead atoms. The fourth-order valence-corrected chi connectivity index (χ4v) is 4.59. The number of carbonyl (C=O) groups excluding carboxylic acids is 2. The first-order chi connectivity index (χ1) is 14.7. The van der Waals surface area contributed by atoms with Gasteiger partial charge >= 0.3 is 5.69 Å². The van der Waals surface area contributed by atoms with Gasteiger partial charge in [0.1, 0.15) is 5.82 Å². The van der Waals surface area contributed by atoms with Crippen molar-refractivity contribution in [2.75, 3.05) is 37.4 Å². The molecule has 1 aliphatic heterocycles. The zero-order valence-electron chi connectivity index (χ0n) is 18.6. The number of anilines is 2. The van der Waals surface area contributed by atoms with E-state index in [4.69, 9.17) is 10.5 Å². The number of aromatic amines is 1. The van der Waals surface area contributed by atoms with Gasteiger partial charge in [-0.25, -0.2) is 4.79 Å². The maximum absolute atomic E-state index is 13.5. The van der Waals surface area contributed by atoms with Crippen molar-refractivity contribution in [2.24, 2.45) is 11.8 Å². The molecule has 1 aromatic rings. The maximum atomic E-state index is 13.5. The lowest BCUT2D eigenvalue weighted by Crippen LogP contribution is -2.45. The van der Waals surface area contributed by atoms with Gasteiger partial charge in [-0.2, -0.15) is 0 Å². The summed E-state index contributed by atoms with van der Waals surface area (Å²) in [5.41, 5.74) is 4.84. The molecule has 10 heteroatoms. The highest BCUT2D eigenvalue weighted by Crippen LogP contribution is 2.31. The fourth-order valence-electron chi connectivity index (χ4n) is 4.59. The zero-order valence-corrected chi connectivity index (χ0v) is 18.6. The van der Waals surface area contributed by atoms with E-state index in [0.717, 1.165) is 25.7 Å². The third-order valence-corrected chi connectivity index (χ3v) is 6.09. The number of nitrogens with one attached hydrogen (secondary N) is 1. The van der Waals surface area contributed by atoms with Crippen LogP contribution in [0.15, 0.2) is 9.59 Å². The number of nitrogens with two attached hydrogens (primary N) is 1. The summed E-state index contributed by atoms with van der Waals surface area (Å²) in [6, 6.07) is 0.194. The minimum Gasteiger partial charge on any atom is -0.383 e. The minimum absolute atomic E-state index is 0.0244. The van der Waals surface area contributed by atoms with Crippen LogP contribution in [-0.4, -0.2) is 59.1 Å². The van der Waals surface area contributed by atoms with Gasteiger partial charge in [0.05, 0.1) is 12.5 Å². The van der Waals surface area contributed by atoms with Gasteiger partial charge in [-0.15, -0.1) is 0 Å². The highest BCUT2D eigenvalue weighted by Gasteiger charge is 2.41. The van der Waals surface area contributed by atoms with Crippen LogP contribution in [0.25, 0.3) is 0 Å². The second-order valence-corrected chi connectivity index (χ2v) is 8.87. The predicted molar refractivity (Wildman–Crippen MR) is 117 cm³/mol. The molecular weight excluding hydrogens is 402 g/mol. The van der Waals surface area contributed by atoms with E-state index in [1.807, 2.05) is 18.7 Å². The Morgan fingerprint density at radius 1 is 1.26 bits per heavy atom. The number of H-pyrrole nitrogens is 1. The van der Waals surface area contributed by atoms with Crippen LogP contribution in [0.1, 0.15) is 46.0 Å². The van der Waals surface area contributed by atoms with Gasteiger partial charge in [0.15, 0.2) is 5.69 Å². The fraction of sp³-hybridized carbons (Fsp3) is 0.714. The van der Waals surface area contributed by atoms with E-state index in [-0.39, 0.29) is 54.9 Å². The first-order valence-corrected chi connectivity index (χ1v) is 11.0. The lowest BCUT2D eigenvalue weighted by atomic mass is 10.1. The van der Waals surface area contributed by atoms with Crippen LogP contribution in [0.5, 0.6) is 0 Å². The number of carbonyl (C=O) groups is 2. The quantitative estimate of drug-likeness (QED) is 0.613. The van der Waals surface area contributed by atoms with Gasteiger partial charge in [-0.3, -0.25) is 23.9 Å². The second kappa shape index (κ2) is 9.67. The molecule has 1 unspecified atom stereocenters. The van der Waals surface area contributed by atoms with Gasteiger partial charge in [0.2, 0.25) is 11.8 Å². The Hall–Kier alpha value is -2.62. The van der Waals surface area contributed by atoms with Crippen molar-refractivity contribution in [1.82, 2.24) is 14.5 Å². The number of likely N-dealkylation sites (tertiary alicyclic amines) is 1. The normalized spacial score (nSPS) is 19.5. The first-order valence-electron chi connectivity index (χ1n) is 11.0. The number of hydrogen-bond donors (Lipinski definition) is 2. The molecule has 2 aliphatic rings. The van der Waals surface area contributed by atoms with Crippen LogP contribution in [0.3, 0.4) is 0 Å². The Kier molecular flexibility index (Phi) is 7.19. The van der Waals surface area contributed by atoms with Crippen molar-refractivity contribution in [3.63, 3.8) is 0 Å². The van der Waals surface area contributed by atoms with Crippen molar-refractivity contribution in [3.05, 3.63) is 20.8 Å². The number of aromatic nitrogens is 2. The van der Waals surface area contributed by atoms with E-state index in [1.54, 1.807) is 0 Å². The molecule has 0 spiro atoms. The third-order valence-electron chi connectivity index (χ3n) is 6.09. The van der Waals surface area contributed by atoms with Crippen molar-refractivity contribution in [3.8, 4) is 0 Å². The highest BCUT2D eigenvalue weighted by molar-refractivity contribution is 6.00. The molecule has 2 fully saturated rings. The van der Waals surface area contributed by atoms with Crippen molar-refractivity contribution < 1.29 is 14.3 Å². The minimum atomic E-state index is -0.719. The van der Waals surface area contributed by atoms with Crippen LogP contribution in [0.4, 0.5) is 11.5 Å². The number of ether oxygens (including phenoxy) is 1. The van der Waals surface area contributed by atoms with E-state index in [9.17, 15) is 19.2 Å². The molecule has 10 nitrogen and oxygen atoms in total. The second-order valence-electron chi connectivity index (χ2n) is 8.87. The molecule has 0 radical (unpaired) electrons. The van der Waals surface area contributed by atoms with Crippen LogP contribution in [-0.2, 0) is 20.9 Å².